The fraction of sp³-hybridized carbons (Fsp3) is 0.435. The molecule has 0 spiro atoms. The number of amides is 1. The Morgan fingerprint density at radius 2 is 1.85 bits per heavy atom. The van der Waals surface area contributed by atoms with Crippen LogP contribution in [-0.4, -0.2) is 41.9 Å². The highest BCUT2D eigenvalue weighted by molar-refractivity contribution is 5.79. The molecular formula is C23H25FN2O. The van der Waals surface area contributed by atoms with Crippen LogP contribution in [-0.2, 0) is 11.2 Å². The summed E-state index contributed by atoms with van der Waals surface area (Å²) >= 11 is 0. The van der Waals surface area contributed by atoms with Gasteiger partial charge in [-0.05, 0) is 54.6 Å². The predicted molar refractivity (Wildman–Crippen MR) is 103 cm³/mol. The second kappa shape index (κ2) is 6.45. The number of rotatable bonds is 3. The highest BCUT2D eigenvalue weighted by Gasteiger charge is 2.48. The number of benzene rings is 2. The molecule has 6 rings (SSSR count). The summed E-state index contributed by atoms with van der Waals surface area (Å²) in [5.41, 5.74) is 3.66. The highest BCUT2D eigenvalue weighted by atomic mass is 19.1. The number of hydrogen-bond acceptors (Lipinski definition) is 2. The van der Waals surface area contributed by atoms with Gasteiger partial charge in [0.2, 0.25) is 5.91 Å². The van der Waals surface area contributed by atoms with Crippen LogP contribution < -0.4 is 0 Å². The van der Waals surface area contributed by atoms with Crippen LogP contribution in [0.5, 0.6) is 0 Å². The van der Waals surface area contributed by atoms with Gasteiger partial charge in [-0.1, -0.05) is 36.4 Å². The van der Waals surface area contributed by atoms with Crippen molar-refractivity contribution >= 4 is 5.91 Å². The Morgan fingerprint density at radius 1 is 1.07 bits per heavy atom. The Morgan fingerprint density at radius 3 is 2.59 bits per heavy atom. The van der Waals surface area contributed by atoms with Gasteiger partial charge in [-0.3, -0.25) is 4.79 Å². The lowest BCUT2D eigenvalue weighted by Gasteiger charge is -2.55. The Hall–Kier alpha value is -2.20. The van der Waals surface area contributed by atoms with Crippen molar-refractivity contribution in [3.8, 4) is 0 Å². The van der Waals surface area contributed by atoms with Gasteiger partial charge in [-0.15, -0.1) is 0 Å². The average molecular weight is 364 g/mol. The number of fused-ring (bicyclic) bond motifs is 3. The summed E-state index contributed by atoms with van der Waals surface area (Å²) in [6.07, 6.45) is 3.90. The zero-order valence-electron chi connectivity index (χ0n) is 15.5. The van der Waals surface area contributed by atoms with Crippen molar-refractivity contribution in [1.82, 2.24) is 9.80 Å². The molecule has 0 saturated carbocycles. The largest absolute Gasteiger partial charge is 0.331 e. The van der Waals surface area contributed by atoms with Crippen LogP contribution in [0.4, 0.5) is 4.39 Å². The van der Waals surface area contributed by atoms with Crippen molar-refractivity contribution in [2.24, 2.45) is 5.41 Å². The maximum absolute atomic E-state index is 13.5. The van der Waals surface area contributed by atoms with E-state index in [1.807, 2.05) is 23.1 Å². The van der Waals surface area contributed by atoms with E-state index in [9.17, 15) is 9.18 Å². The van der Waals surface area contributed by atoms with Crippen LogP contribution in [0, 0.1) is 11.2 Å². The first-order chi connectivity index (χ1) is 13.1. The molecule has 0 radical (unpaired) electrons. The van der Waals surface area contributed by atoms with Gasteiger partial charge in [0, 0.05) is 31.5 Å². The molecule has 140 valence electrons. The fourth-order valence-electron chi connectivity index (χ4n) is 5.36. The molecule has 1 atom stereocenters. The molecule has 4 heteroatoms. The summed E-state index contributed by atoms with van der Waals surface area (Å²) < 4.78 is 13.5. The fourth-order valence-corrected chi connectivity index (χ4v) is 5.36. The van der Waals surface area contributed by atoms with Gasteiger partial charge in [0.05, 0.1) is 6.04 Å². The maximum atomic E-state index is 13.5. The lowest BCUT2D eigenvalue weighted by atomic mass is 9.69. The topological polar surface area (TPSA) is 23.6 Å². The molecule has 4 aliphatic rings. The third kappa shape index (κ3) is 2.96. The van der Waals surface area contributed by atoms with E-state index in [2.05, 4.69) is 23.1 Å². The molecule has 3 saturated heterocycles. The normalized spacial score (nSPS) is 29.0. The van der Waals surface area contributed by atoms with Crippen molar-refractivity contribution in [3.05, 3.63) is 71.0 Å². The molecule has 2 bridgehead atoms. The van der Waals surface area contributed by atoms with Gasteiger partial charge in [0.15, 0.2) is 0 Å². The van der Waals surface area contributed by atoms with E-state index in [0.29, 0.717) is 6.42 Å². The third-order valence-electron chi connectivity index (χ3n) is 6.62. The van der Waals surface area contributed by atoms with Gasteiger partial charge in [0.1, 0.15) is 5.82 Å². The van der Waals surface area contributed by atoms with Crippen LogP contribution in [0.25, 0.3) is 0 Å². The number of piperidine rings is 2. The summed E-state index contributed by atoms with van der Waals surface area (Å²) in [6.45, 7) is 4.07. The number of halogens is 1. The van der Waals surface area contributed by atoms with E-state index >= 15 is 0 Å². The van der Waals surface area contributed by atoms with Crippen molar-refractivity contribution in [3.63, 3.8) is 0 Å². The number of carbonyl (C=O) groups is 1. The van der Waals surface area contributed by atoms with Crippen molar-refractivity contribution in [2.45, 2.75) is 31.7 Å². The van der Waals surface area contributed by atoms with Crippen molar-refractivity contribution in [2.75, 3.05) is 26.2 Å². The van der Waals surface area contributed by atoms with E-state index < -0.39 is 0 Å². The summed E-state index contributed by atoms with van der Waals surface area (Å²) in [7, 11) is 0. The number of hydrogen-bond donors (Lipinski definition) is 0. The van der Waals surface area contributed by atoms with Gasteiger partial charge < -0.3 is 9.80 Å². The minimum absolute atomic E-state index is 0.112. The van der Waals surface area contributed by atoms with E-state index in [1.54, 1.807) is 0 Å². The van der Waals surface area contributed by atoms with Gasteiger partial charge in [-0.25, -0.2) is 4.39 Å². The third-order valence-corrected chi connectivity index (χ3v) is 6.62. The SMILES string of the molecule is O=C(CC12CCCN(C1)C2)N1CCc2ccccc2[C@@H]1c1ccc(F)cc1. The molecule has 0 aromatic heterocycles. The Bertz CT molecular complexity index is 851. The summed E-state index contributed by atoms with van der Waals surface area (Å²) in [5, 5.41) is 0. The number of nitrogens with zero attached hydrogens (tertiary/aromatic N) is 2. The minimum Gasteiger partial charge on any atom is -0.331 e. The summed E-state index contributed by atoms with van der Waals surface area (Å²) in [5.74, 6) is 0.0109. The van der Waals surface area contributed by atoms with Crippen LogP contribution in [0.3, 0.4) is 0 Å². The van der Waals surface area contributed by atoms with Gasteiger partial charge in [0.25, 0.3) is 0 Å². The zero-order chi connectivity index (χ0) is 18.4. The average Bonchev–Trinajstić information content (AvgIpc) is 2.67. The molecule has 0 aliphatic carbocycles. The quantitative estimate of drug-likeness (QED) is 0.827. The first-order valence-corrected chi connectivity index (χ1v) is 9.99. The lowest BCUT2D eigenvalue weighted by molar-refractivity contribution is -0.142. The number of carbonyl (C=O) groups excluding carboxylic acids is 1. The first kappa shape index (κ1) is 16.9. The highest BCUT2D eigenvalue weighted by Crippen LogP contribution is 2.44. The molecule has 3 fully saturated rings. The Kier molecular flexibility index (Phi) is 4.05. The van der Waals surface area contributed by atoms with Gasteiger partial charge >= 0.3 is 0 Å². The van der Waals surface area contributed by atoms with Crippen LogP contribution in [0.15, 0.2) is 48.5 Å². The van der Waals surface area contributed by atoms with E-state index in [4.69, 9.17) is 0 Å². The molecular weight excluding hydrogens is 339 g/mol. The maximum Gasteiger partial charge on any atom is 0.224 e. The molecule has 0 unspecified atom stereocenters. The van der Waals surface area contributed by atoms with Crippen LogP contribution >= 0.6 is 0 Å². The summed E-state index contributed by atoms with van der Waals surface area (Å²) in [6, 6.07) is 14.9. The smallest absolute Gasteiger partial charge is 0.224 e. The van der Waals surface area contributed by atoms with Crippen LogP contribution in [0.1, 0.15) is 42.0 Å². The molecule has 2 aromatic rings. The van der Waals surface area contributed by atoms with E-state index in [1.165, 1.54) is 42.6 Å². The Balaban J connectivity index is 1.47. The van der Waals surface area contributed by atoms with E-state index in [0.717, 1.165) is 31.6 Å². The first-order valence-electron chi connectivity index (χ1n) is 9.99. The second-order valence-corrected chi connectivity index (χ2v) is 8.48. The second-order valence-electron chi connectivity index (χ2n) is 8.48. The molecule has 0 N–H and O–H groups in total. The molecule has 2 aromatic carbocycles. The van der Waals surface area contributed by atoms with Crippen LogP contribution in [0.2, 0.25) is 0 Å². The lowest BCUT2D eigenvalue weighted by Crippen LogP contribution is -2.61. The minimum atomic E-state index is -0.239. The molecule has 27 heavy (non-hydrogen) atoms. The monoisotopic (exact) mass is 364 g/mol. The standard InChI is InChI=1S/C23H25FN2O/c24-19-8-6-18(7-9-19)22-20-5-2-1-4-17(20)10-13-26(22)21(27)14-23-11-3-12-25(15-23)16-23/h1-2,4-9,22H,3,10-16H2/t22-/m0/s1. The molecule has 1 amide bonds. The Labute approximate surface area is 159 Å². The molecule has 4 aliphatic heterocycles. The predicted octanol–water partition coefficient (Wildman–Crippen LogP) is 3.79. The zero-order valence-corrected chi connectivity index (χ0v) is 15.5. The molecule has 4 heterocycles. The van der Waals surface area contributed by atoms with Crippen molar-refractivity contribution < 1.29 is 9.18 Å². The van der Waals surface area contributed by atoms with Gasteiger partial charge in [-0.2, -0.15) is 0 Å². The van der Waals surface area contributed by atoms with E-state index in [-0.39, 0.29) is 23.2 Å². The molecule has 3 nitrogen and oxygen atoms in total. The summed E-state index contributed by atoms with van der Waals surface area (Å²) in [4.78, 5) is 17.9. The van der Waals surface area contributed by atoms with Crippen molar-refractivity contribution in [1.29, 1.82) is 0 Å².